The largest absolute Gasteiger partial charge is 0.299 e. The second-order valence-corrected chi connectivity index (χ2v) is 6.95. The fraction of sp³-hybridized carbons (Fsp3) is 0.316. The molecule has 0 saturated carbocycles. The molecule has 0 saturated heterocycles. The van der Waals surface area contributed by atoms with E-state index >= 15 is 0 Å². The van der Waals surface area contributed by atoms with Crippen molar-refractivity contribution in [1.82, 2.24) is 4.98 Å². The molecule has 0 N–H and O–H groups in total. The van der Waals surface area contributed by atoms with Crippen molar-refractivity contribution in [1.29, 1.82) is 0 Å². The number of aromatic nitrogens is 1. The van der Waals surface area contributed by atoms with Crippen molar-refractivity contribution < 1.29 is 9.59 Å². The van der Waals surface area contributed by atoms with Crippen molar-refractivity contribution in [3.05, 3.63) is 62.9 Å². The smallest absolute Gasteiger partial charge is 0.181 e. The van der Waals surface area contributed by atoms with Gasteiger partial charge in [-0.25, -0.2) is 0 Å². The summed E-state index contributed by atoms with van der Waals surface area (Å²) in [5.41, 5.74) is 3.15. The lowest BCUT2D eigenvalue weighted by molar-refractivity contribution is -0.120. The summed E-state index contributed by atoms with van der Waals surface area (Å²) in [5, 5.41) is 1.19. The monoisotopic (exact) mass is 361 g/mol. The number of benzene rings is 1. The average Bonchev–Trinajstić information content (AvgIpc) is 2.54. The number of pyridine rings is 1. The van der Waals surface area contributed by atoms with Gasteiger partial charge in [0.05, 0.1) is 0 Å². The number of carbonyl (C=O) groups is 2. The molecule has 0 spiro atoms. The van der Waals surface area contributed by atoms with Gasteiger partial charge in [0.15, 0.2) is 5.78 Å². The van der Waals surface area contributed by atoms with Crippen LogP contribution in [-0.4, -0.2) is 16.6 Å². The predicted molar refractivity (Wildman–Crippen MR) is 95.1 cm³/mol. The van der Waals surface area contributed by atoms with Gasteiger partial charge in [-0.05, 0) is 54.7 Å². The van der Waals surface area contributed by atoms with Gasteiger partial charge in [0.1, 0.15) is 11.5 Å². The van der Waals surface area contributed by atoms with Crippen molar-refractivity contribution in [2.24, 2.45) is 0 Å². The van der Waals surface area contributed by atoms with Gasteiger partial charge in [-0.2, -0.15) is 0 Å². The van der Waals surface area contributed by atoms with E-state index in [4.69, 9.17) is 23.2 Å². The van der Waals surface area contributed by atoms with Crippen molar-refractivity contribution in [3.63, 3.8) is 0 Å². The van der Waals surface area contributed by atoms with E-state index in [0.29, 0.717) is 41.4 Å². The number of halogens is 2. The molecule has 3 rings (SSSR count). The summed E-state index contributed by atoms with van der Waals surface area (Å²) in [6.07, 6.45) is 3.49. The van der Waals surface area contributed by atoms with Gasteiger partial charge in [-0.15, -0.1) is 0 Å². The minimum Gasteiger partial charge on any atom is -0.299 e. The fourth-order valence-corrected chi connectivity index (χ4v) is 3.98. The highest BCUT2D eigenvalue weighted by Crippen LogP contribution is 2.33. The molecule has 1 aromatic carbocycles. The maximum Gasteiger partial charge on any atom is 0.181 e. The molecule has 0 fully saturated rings. The molecule has 1 aliphatic carbocycles. The highest BCUT2D eigenvalue weighted by atomic mass is 35.5. The molecule has 0 aliphatic heterocycles. The third-order valence-electron chi connectivity index (χ3n) is 4.53. The number of rotatable bonds is 4. The molecule has 1 atom stereocenters. The molecule has 1 heterocycles. The molecule has 1 unspecified atom stereocenters. The number of aryl methyl sites for hydroxylation is 1. The first-order chi connectivity index (χ1) is 11.5. The highest BCUT2D eigenvalue weighted by Gasteiger charge is 2.30. The molecule has 2 aromatic rings. The first kappa shape index (κ1) is 17.1. The van der Waals surface area contributed by atoms with Gasteiger partial charge in [0.25, 0.3) is 0 Å². The van der Waals surface area contributed by atoms with E-state index in [0.717, 1.165) is 16.7 Å². The van der Waals surface area contributed by atoms with Crippen molar-refractivity contribution in [3.8, 4) is 0 Å². The zero-order valence-corrected chi connectivity index (χ0v) is 14.8. The van der Waals surface area contributed by atoms with Crippen LogP contribution in [0.1, 0.15) is 52.4 Å². The van der Waals surface area contributed by atoms with E-state index in [1.807, 2.05) is 19.1 Å². The lowest BCUT2D eigenvalue weighted by Crippen LogP contribution is -2.23. The summed E-state index contributed by atoms with van der Waals surface area (Å²) < 4.78 is 0. The van der Waals surface area contributed by atoms with Crippen LogP contribution in [0.25, 0.3) is 0 Å². The third-order valence-corrected chi connectivity index (χ3v) is 5.09. The SMILES string of the molecule is Cc1cc(Cl)cc(Cl)c1CCC(=O)C1CCC(=O)c2ncccc21. The van der Waals surface area contributed by atoms with E-state index < -0.39 is 0 Å². The van der Waals surface area contributed by atoms with Gasteiger partial charge in [-0.3, -0.25) is 14.6 Å². The van der Waals surface area contributed by atoms with Crippen LogP contribution in [0, 0.1) is 6.92 Å². The molecule has 24 heavy (non-hydrogen) atoms. The molecule has 124 valence electrons. The number of ketones is 2. The average molecular weight is 362 g/mol. The third kappa shape index (κ3) is 3.38. The van der Waals surface area contributed by atoms with Crippen LogP contribution in [0.4, 0.5) is 0 Å². The Balaban J connectivity index is 1.77. The molecule has 1 aromatic heterocycles. The molecule has 1 aliphatic rings. The summed E-state index contributed by atoms with van der Waals surface area (Å²) in [4.78, 5) is 28.8. The molecule has 0 amide bonds. The summed E-state index contributed by atoms with van der Waals surface area (Å²) >= 11 is 12.2. The van der Waals surface area contributed by atoms with E-state index in [9.17, 15) is 9.59 Å². The lowest BCUT2D eigenvalue weighted by Gasteiger charge is -2.22. The molecule has 0 radical (unpaired) electrons. The second kappa shape index (κ2) is 7.04. The van der Waals surface area contributed by atoms with Crippen LogP contribution in [0.3, 0.4) is 0 Å². The fourth-order valence-electron chi connectivity index (χ4n) is 3.29. The number of fused-ring (bicyclic) bond motifs is 1. The predicted octanol–water partition coefficient (Wildman–Crippen LogP) is 4.96. The number of nitrogens with zero attached hydrogens (tertiary/aromatic N) is 1. The summed E-state index contributed by atoms with van der Waals surface area (Å²) in [7, 11) is 0. The van der Waals surface area contributed by atoms with Crippen molar-refractivity contribution >= 4 is 34.8 Å². The van der Waals surface area contributed by atoms with Crippen LogP contribution in [-0.2, 0) is 11.2 Å². The maximum atomic E-state index is 12.7. The Labute approximate surface area is 151 Å². The van der Waals surface area contributed by atoms with Crippen LogP contribution >= 0.6 is 23.2 Å². The number of carbonyl (C=O) groups excluding carboxylic acids is 2. The molecular formula is C19H17Cl2NO2. The normalized spacial score (nSPS) is 16.8. The summed E-state index contributed by atoms with van der Waals surface area (Å²) in [6.45, 7) is 1.94. The molecule has 5 heteroatoms. The van der Waals surface area contributed by atoms with Crippen molar-refractivity contribution in [2.75, 3.05) is 0 Å². The summed E-state index contributed by atoms with van der Waals surface area (Å²) in [6, 6.07) is 7.17. The van der Waals surface area contributed by atoms with Gasteiger partial charge in [-0.1, -0.05) is 29.3 Å². The number of hydrogen-bond acceptors (Lipinski definition) is 3. The molecule has 0 bridgehead atoms. The summed E-state index contributed by atoms with van der Waals surface area (Å²) in [5.74, 6) is -0.105. The lowest BCUT2D eigenvalue weighted by atomic mass is 9.81. The minimum atomic E-state index is -0.252. The van der Waals surface area contributed by atoms with Crippen LogP contribution in [0.2, 0.25) is 10.0 Å². The van der Waals surface area contributed by atoms with E-state index in [-0.39, 0.29) is 17.5 Å². The Morgan fingerprint density at radius 1 is 1.33 bits per heavy atom. The zero-order chi connectivity index (χ0) is 17.3. The van der Waals surface area contributed by atoms with E-state index in [1.54, 1.807) is 18.3 Å². The molecular weight excluding hydrogens is 345 g/mol. The first-order valence-corrected chi connectivity index (χ1v) is 8.68. The highest BCUT2D eigenvalue weighted by molar-refractivity contribution is 6.35. The second-order valence-electron chi connectivity index (χ2n) is 6.11. The first-order valence-electron chi connectivity index (χ1n) is 7.92. The van der Waals surface area contributed by atoms with Crippen LogP contribution in [0.5, 0.6) is 0 Å². The van der Waals surface area contributed by atoms with E-state index in [2.05, 4.69) is 4.98 Å². The topological polar surface area (TPSA) is 47.0 Å². The van der Waals surface area contributed by atoms with Crippen LogP contribution < -0.4 is 0 Å². The quantitative estimate of drug-likeness (QED) is 0.772. The number of Topliss-reactive ketones (excluding diaryl/α,β-unsaturated/α-hetero) is 2. The van der Waals surface area contributed by atoms with Gasteiger partial charge >= 0.3 is 0 Å². The minimum absolute atomic E-state index is 0.0197. The van der Waals surface area contributed by atoms with Gasteiger partial charge < -0.3 is 0 Å². The maximum absolute atomic E-state index is 12.7. The Bertz CT molecular complexity index is 794. The standard InChI is InChI=1S/C19H17Cl2NO2/c1-11-9-12(20)10-16(21)13(11)4-6-17(23)14-5-7-18(24)19-15(14)3-2-8-22-19/h2-3,8-10,14H,4-7H2,1H3. The van der Waals surface area contributed by atoms with Gasteiger partial charge in [0, 0.05) is 35.0 Å². The number of hydrogen-bond donors (Lipinski definition) is 0. The Hall–Kier alpha value is -1.71. The van der Waals surface area contributed by atoms with E-state index in [1.165, 1.54) is 0 Å². The molecule has 3 nitrogen and oxygen atoms in total. The Morgan fingerprint density at radius 3 is 2.88 bits per heavy atom. The Kier molecular flexibility index (Phi) is 5.02. The van der Waals surface area contributed by atoms with Gasteiger partial charge in [0.2, 0.25) is 0 Å². The van der Waals surface area contributed by atoms with Crippen LogP contribution in [0.15, 0.2) is 30.5 Å². The zero-order valence-electron chi connectivity index (χ0n) is 13.3. The van der Waals surface area contributed by atoms with Crippen molar-refractivity contribution in [2.45, 2.75) is 38.5 Å². The Morgan fingerprint density at radius 2 is 2.12 bits per heavy atom.